The molecule has 0 bridgehead atoms. The Morgan fingerprint density at radius 3 is 1.67 bits per heavy atom. The van der Waals surface area contributed by atoms with Gasteiger partial charge in [-0.15, -0.1) is 0 Å². The van der Waals surface area contributed by atoms with Crippen LogP contribution in [0.4, 0.5) is 34.6 Å². The van der Waals surface area contributed by atoms with Crippen molar-refractivity contribution in [3.8, 4) is 22.3 Å². The van der Waals surface area contributed by atoms with E-state index in [1.165, 1.54) is 44.9 Å². The lowest BCUT2D eigenvalue weighted by Crippen LogP contribution is -2.70. The molecule has 6 aromatic carbocycles. The van der Waals surface area contributed by atoms with Gasteiger partial charge in [-0.05, 0) is 67.8 Å². The van der Waals surface area contributed by atoms with Crippen molar-refractivity contribution < 1.29 is 17.6 Å². The molecule has 2 aliphatic heterocycles. The molecule has 0 N–H and O–H groups in total. The van der Waals surface area contributed by atoms with Crippen LogP contribution in [-0.2, 0) is 0 Å². The first-order valence-electron chi connectivity index (χ1n) is 13.6. The minimum absolute atomic E-state index is 0.0307. The van der Waals surface area contributed by atoms with Crippen LogP contribution in [0.2, 0.25) is 0 Å². The predicted octanol–water partition coefficient (Wildman–Crippen LogP) is 7.05. The molecule has 6 heteroatoms. The summed E-state index contributed by atoms with van der Waals surface area (Å²) in [5.74, 6) is -3.60. The number of anilines is 3. The van der Waals surface area contributed by atoms with Crippen LogP contribution in [-0.4, -0.2) is 8.07 Å². The zero-order valence-corrected chi connectivity index (χ0v) is 23.1. The van der Waals surface area contributed by atoms with E-state index in [4.69, 9.17) is 0 Å². The maximum absolute atomic E-state index is 15.5. The van der Waals surface area contributed by atoms with Crippen LogP contribution in [0.15, 0.2) is 127 Å². The van der Waals surface area contributed by atoms with E-state index >= 15 is 4.39 Å². The van der Waals surface area contributed by atoms with Crippen LogP contribution in [0.5, 0.6) is 0 Å². The van der Waals surface area contributed by atoms with E-state index in [-0.39, 0.29) is 11.4 Å². The SMILES string of the molecule is Fc1ccc(N(c2ccc(F)c(F)c2)c2cccc3c2-c2ccccc2[Si]32c3ccccc3-c3ccccc32)c(F)c1. The van der Waals surface area contributed by atoms with Gasteiger partial charge in [-0.1, -0.05) is 84.9 Å². The summed E-state index contributed by atoms with van der Waals surface area (Å²) in [6.07, 6.45) is 0. The van der Waals surface area contributed by atoms with Gasteiger partial charge in [0, 0.05) is 23.4 Å². The van der Waals surface area contributed by atoms with Crippen molar-refractivity contribution in [3.63, 3.8) is 0 Å². The van der Waals surface area contributed by atoms with Crippen LogP contribution in [0, 0.1) is 23.3 Å². The molecule has 1 spiro atoms. The first-order valence-corrected chi connectivity index (χ1v) is 15.6. The maximum atomic E-state index is 15.5. The number of hydrogen-bond acceptors (Lipinski definition) is 1. The van der Waals surface area contributed by atoms with E-state index in [0.29, 0.717) is 5.69 Å². The number of halogens is 4. The fourth-order valence-corrected chi connectivity index (χ4v) is 12.6. The summed E-state index contributed by atoms with van der Waals surface area (Å²) in [5, 5.41) is 4.91. The molecular formula is C36H21F4NSi. The molecule has 0 amide bonds. The Bertz CT molecular complexity index is 2030. The summed E-state index contributed by atoms with van der Waals surface area (Å²) in [7, 11) is -2.79. The molecule has 0 unspecified atom stereocenters. The van der Waals surface area contributed by atoms with Crippen molar-refractivity contribution in [3.05, 3.63) is 151 Å². The van der Waals surface area contributed by atoms with Crippen molar-refractivity contribution in [1.82, 2.24) is 0 Å². The smallest absolute Gasteiger partial charge is 0.182 e. The van der Waals surface area contributed by atoms with Gasteiger partial charge in [0.15, 0.2) is 19.7 Å². The summed E-state index contributed by atoms with van der Waals surface area (Å²) in [5.41, 5.74) is 5.17. The molecule has 1 nitrogen and oxygen atoms in total. The molecule has 0 atom stereocenters. The molecule has 0 saturated heterocycles. The maximum Gasteiger partial charge on any atom is 0.182 e. The summed E-state index contributed by atoms with van der Waals surface area (Å²) >= 11 is 0. The van der Waals surface area contributed by atoms with Crippen LogP contribution in [0.1, 0.15) is 0 Å². The number of benzene rings is 6. The third-order valence-electron chi connectivity index (χ3n) is 8.55. The van der Waals surface area contributed by atoms with Crippen molar-refractivity contribution in [2.45, 2.75) is 0 Å². The third-order valence-corrected chi connectivity index (χ3v) is 13.5. The summed E-state index contributed by atoms with van der Waals surface area (Å²) in [6.45, 7) is 0. The van der Waals surface area contributed by atoms with E-state index in [1.807, 2.05) is 18.2 Å². The topological polar surface area (TPSA) is 3.24 Å². The Morgan fingerprint density at radius 2 is 1.02 bits per heavy atom. The molecule has 0 aliphatic carbocycles. The highest BCUT2D eigenvalue weighted by Gasteiger charge is 2.54. The lowest BCUT2D eigenvalue weighted by atomic mass is 10.0. The molecule has 42 heavy (non-hydrogen) atoms. The van der Waals surface area contributed by atoms with E-state index in [2.05, 4.69) is 72.8 Å². The third kappa shape index (κ3) is 3.24. The molecule has 0 saturated carbocycles. The van der Waals surface area contributed by atoms with Gasteiger partial charge in [-0.25, -0.2) is 17.6 Å². The largest absolute Gasteiger partial charge is 0.307 e. The van der Waals surface area contributed by atoms with E-state index < -0.39 is 31.3 Å². The predicted molar refractivity (Wildman–Crippen MR) is 163 cm³/mol. The number of hydrogen-bond donors (Lipinski definition) is 0. The Kier molecular flexibility index (Phi) is 5.34. The minimum atomic E-state index is -2.79. The lowest BCUT2D eigenvalue weighted by molar-refractivity contribution is 0.509. The zero-order chi connectivity index (χ0) is 28.6. The molecule has 0 fully saturated rings. The van der Waals surface area contributed by atoms with E-state index in [1.54, 1.807) is 4.90 Å². The van der Waals surface area contributed by atoms with Gasteiger partial charge in [-0.3, -0.25) is 0 Å². The number of rotatable bonds is 3. The van der Waals surface area contributed by atoms with Crippen molar-refractivity contribution in [1.29, 1.82) is 0 Å². The monoisotopic (exact) mass is 571 g/mol. The normalized spacial score (nSPS) is 13.4. The highest BCUT2D eigenvalue weighted by Crippen LogP contribution is 2.45. The Balaban J connectivity index is 1.50. The number of nitrogens with zero attached hydrogens (tertiary/aromatic N) is 1. The standard InChI is InChI=1S/C36H21F4NSi/c37-22-16-19-30(29(40)20-22)41(23-17-18-27(38)28(39)21-23)31-11-7-15-35-36(31)26-10-3-6-14-34(26)42(35)32-12-4-1-8-24(32)25-9-2-5-13-33(25)42/h1-21H. The summed E-state index contributed by atoms with van der Waals surface area (Å²) in [4.78, 5) is 1.56. The second-order valence-electron chi connectivity index (χ2n) is 10.6. The van der Waals surface area contributed by atoms with Crippen LogP contribution < -0.4 is 25.6 Å². The Hall–Kier alpha value is -4.94. The van der Waals surface area contributed by atoms with Gasteiger partial charge in [0.2, 0.25) is 0 Å². The highest BCUT2D eigenvalue weighted by atomic mass is 28.3. The molecule has 202 valence electrons. The average Bonchev–Trinajstić information content (AvgIpc) is 3.48. The van der Waals surface area contributed by atoms with Gasteiger partial charge >= 0.3 is 0 Å². The van der Waals surface area contributed by atoms with Gasteiger partial charge in [0.25, 0.3) is 0 Å². The van der Waals surface area contributed by atoms with E-state index in [9.17, 15) is 13.2 Å². The van der Waals surface area contributed by atoms with Crippen LogP contribution in [0.25, 0.3) is 22.3 Å². The molecule has 2 heterocycles. The Morgan fingerprint density at radius 1 is 0.429 bits per heavy atom. The second-order valence-corrected chi connectivity index (χ2v) is 14.3. The quantitative estimate of drug-likeness (QED) is 0.162. The minimum Gasteiger partial charge on any atom is -0.307 e. The van der Waals surface area contributed by atoms with Gasteiger partial charge in [0.1, 0.15) is 11.6 Å². The van der Waals surface area contributed by atoms with Gasteiger partial charge in [0.05, 0.1) is 11.4 Å². The van der Waals surface area contributed by atoms with E-state index in [0.717, 1.165) is 34.5 Å². The first kappa shape index (κ1) is 24.8. The first-order chi connectivity index (χ1) is 20.5. The molecular weight excluding hydrogens is 550 g/mol. The van der Waals surface area contributed by atoms with Crippen LogP contribution >= 0.6 is 0 Å². The lowest BCUT2D eigenvalue weighted by Gasteiger charge is -2.30. The zero-order valence-electron chi connectivity index (χ0n) is 22.1. The molecule has 8 rings (SSSR count). The Labute approximate surface area is 241 Å². The van der Waals surface area contributed by atoms with Gasteiger partial charge in [-0.2, -0.15) is 0 Å². The van der Waals surface area contributed by atoms with Crippen molar-refractivity contribution in [2.24, 2.45) is 0 Å². The number of fused-ring (bicyclic) bond motifs is 10. The fraction of sp³-hybridized carbons (Fsp3) is 0. The summed E-state index contributed by atoms with van der Waals surface area (Å²) < 4.78 is 58.4. The van der Waals surface area contributed by atoms with Gasteiger partial charge < -0.3 is 4.90 Å². The van der Waals surface area contributed by atoms with Crippen molar-refractivity contribution in [2.75, 3.05) is 4.90 Å². The molecule has 0 radical (unpaired) electrons. The second kappa shape index (κ2) is 9.03. The molecule has 6 aromatic rings. The molecule has 2 aliphatic rings. The fourth-order valence-electron chi connectivity index (χ4n) is 7.01. The molecule has 0 aromatic heterocycles. The highest BCUT2D eigenvalue weighted by molar-refractivity contribution is 7.24. The van der Waals surface area contributed by atoms with Crippen molar-refractivity contribution >= 4 is 45.9 Å². The van der Waals surface area contributed by atoms with Crippen LogP contribution in [0.3, 0.4) is 0 Å². The average molecular weight is 572 g/mol. The summed E-state index contributed by atoms with van der Waals surface area (Å²) in [6, 6.07) is 38.1.